The second-order valence-corrected chi connectivity index (χ2v) is 6.17. The summed E-state index contributed by atoms with van der Waals surface area (Å²) in [5.41, 5.74) is 3.14. The Labute approximate surface area is 103 Å². The highest BCUT2D eigenvalue weighted by Gasteiger charge is 2.40. The van der Waals surface area contributed by atoms with Gasteiger partial charge in [0, 0.05) is 6.42 Å². The van der Waals surface area contributed by atoms with Crippen molar-refractivity contribution in [2.24, 2.45) is 17.3 Å². The minimum absolute atomic E-state index is 0.145. The Bertz CT molecular complexity index is 376. The molecule has 2 unspecified atom stereocenters. The molecule has 1 fully saturated rings. The van der Waals surface area contributed by atoms with Crippen LogP contribution in [-0.2, 0) is 9.59 Å². The van der Waals surface area contributed by atoms with Crippen LogP contribution >= 0.6 is 0 Å². The van der Waals surface area contributed by atoms with Gasteiger partial charge in [0.15, 0.2) is 0 Å². The SMILES string of the molecule is CC1=C2CCC(C=O)C(=O)CC(CC1)C2(C)C. The monoisotopic (exact) mass is 234 g/mol. The molecule has 0 heterocycles. The first-order chi connectivity index (χ1) is 7.96. The topological polar surface area (TPSA) is 34.1 Å². The third kappa shape index (κ3) is 2.10. The van der Waals surface area contributed by atoms with Crippen molar-refractivity contribution in [3.63, 3.8) is 0 Å². The highest BCUT2D eigenvalue weighted by Crippen LogP contribution is 2.49. The first kappa shape index (κ1) is 12.5. The molecule has 0 aromatic rings. The minimum Gasteiger partial charge on any atom is -0.303 e. The number of carbonyl (C=O) groups is 2. The van der Waals surface area contributed by atoms with E-state index in [0.717, 1.165) is 25.5 Å². The van der Waals surface area contributed by atoms with Gasteiger partial charge in [-0.3, -0.25) is 4.79 Å². The lowest BCUT2D eigenvalue weighted by atomic mass is 9.61. The summed E-state index contributed by atoms with van der Waals surface area (Å²) in [4.78, 5) is 23.0. The van der Waals surface area contributed by atoms with Gasteiger partial charge in [0.05, 0.1) is 5.92 Å². The fraction of sp³-hybridized carbons (Fsp3) is 0.733. The zero-order valence-electron chi connectivity index (χ0n) is 11.1. The number of carbonyl (C=O) groups excluding carboxylic acids is 2. The van der Waals surface area contributed by atoms with Gasteiger partial charge >= 0.3 is 0 Å². The molecule has 0 radical (unpaired) electrons. The maximum absolute atomic E-state index is 12.0. The molecule has 2 bridgehead atoms. The van der Waals surface area contributed by atoms with E-state index < -0.39 is 0 Å². The van der Waals surface area contributed by atoms with Crippen molar-refractivity contribution in [2.45, 2.75) is 52.9 Å². The lowest BCUT2D eigenvalue weighted by molar-refractivity contribution is -0.129. The van der Waals surface area contributed by atoms with Crippen molar-refractivity contribution in [3.05, 3.63) is 11.1 Å². The molecule has 2 aliphatic carbocycles. The summed E-state index contributed by atoms with van der Waals surface area (Å²) in [5.74, 6) is 0.239. The van der Waals surface area contributed by atoms with Crippen molar-refractivity contribution in [2.75, 3.05) is 0 Å². The Morgan fingerprint density at radius 3 is 2.59 bits per heavy atom. The summed E-state index contributed by atoms with van der Waals surface area (Å²) in [6.45, 7) is 6.75. The van der Waals surface area contributed by atoms with Crippen LogP contribution in [0.25, 0.3) is 0 Å². The zero-order chi connectivity index (χ0) is 12.6. The molecule has 0 aromatic carbocycles. The van der Waals surface area contributed by atoms with E-state index in [1.54, 1.807) is 0 Å². The van der Waals surface area contributed by atoms with Gasteiger partial charge < -0.3 is 4.79 Å². The van der Waals surface area contributed by atoms with Crippen LogP contribution in [0.1, 0.15) is 52.9 Å². The van der Waals surface area contributed by atoms with Crippen LogP contribution in [0.4, 0.5) is 0 Å². The van der Waals surface area contributed by atoms with Crippen molar-refractivity contribution in [1.29, 1.82) is 0 Å². The molecule has 2 heteroatoms. The fourth-order valence-corrected chi connectivity index (χ4v) is 3.59. The molecule has 2 rings (SSSR count). The van der Waals surface area contributed by atoms with Gasteiger partial charge in [-0.05, 0) is 43.9 Å². The number of fused-ring (bicyclic) bond motifs is 2. The van der Waals surface area contributed by atoms with Crippen LogP contribution in [0.5, 0.6) is 0 Å². The first-order valence-electron chi connectivity index (χ1n) is 6.64. The van der Waals surface area contributed by atoms with Gasteiger partial charge in [0.1, 0.15) is 12.1 Å². The molecule has 2 aliphatic rings. The number of hydrogen-bond donors (Lipinski definition) is 0. The molecule has 1 saturated carbocycles. The third-order valence-electron chi connectivity index (χ3n) is 4.91. The van der Waals surface area contributed by atoms with E-state index in [4.69, 9.17) is 0 Å². The number of rotatable bonds is 1. The van der Waals surface area contributed by atoms with E-state index in [1.807, 2.05) is 0 Å². The summed E-state index contributed by atoms with van der Waals surface area (Å²) in [6, 6.07) is 0. The number of hydrogen-bond acceptors (Lipinski definition) is 2. The second-order valence-electron chi connectivity index (χ2n) is 6.17. The average Bonchev–Trinajstić information content (AvgIpc) is 2.26. The molecule has 0 aliphatic heterocycles. The maximum atomic E-state index is 12.0. The van der Waals surface area contributed by atoms with Crippen molar-refractivity contribution < 1.29 is 9.59 Å². The van der Waals surface area contributed by atoms with Crippen molar-refractivity contribution in [1.82, 2.24) is 0 Å². The Hall–Kier alpha value is -0.920. The van der Waals surface area contributed by atoms with Gasteiger partial charge in [-0.15, -0.1) is 0 Å². The number of aldehydes is 1. The average molecular weight is 234 g/mol. The first-order valence-corrected chi connectivity index (χ1v) is 6.64. The number of Topliss-reactive ketones (excluding diaryl/α,β-unsaturated/α-hetero) is 1. The molecule has 0 saturated heterocycles. The van der Waals surface area contributed by atoms with Gasteiger partial charge in [0.2, 0.25) is 0 Å². The van der Waals surface area contributed by atoms with Crippen molar-refractivity contribution in [3.8, 4) is 0 Å². The van der Waals surface area contributed by atoms with Crippen LogP contribution < -0.4 is 0 Å². The van der Waals surface area contributed by atoms with Crippen molar-refractivity contribution >= 4 is 12.1 Å². The van der Waals surface area contributed by atoms with E-state index in [9.17, 15) is 9.59 Å². The molecule has 2 atom stereocenters. The van der Waals surface area contributed by atoms with Gasteiger partial charge in [-0.2, -0.15) is 0 Å². The van der Waals surface area contributed by atoms with Crippen LogP contribution in [0.2, 0.25) is 0 Å². The summed E-state index contributed by atoms with van der Waals surface area (Å²) < 4.78 is 0. The maximum Gasteiger partial charge on any atom is 0.143 e. The molecule has 17 heavy (non-hydrogen) atoms. The van der Waals surface area contributed by atoms with Crippen LogP contribution in [0, 0.1) is 17.3 Å². The highest BCUT2D eigenvalue weighted by molar-refractivity contribution is 5.93. The molecule has 0 aromatic heterocycles. The van der Waals surface area contributed by atoms with Gasteiger partial charge in [-0.1, -0.05) is 25.0 Å². The standard InChI is InChI=1S/C15H22O2/c1-10-4-6-12-8-14(17)11(9-16)5-7-13(10)15(12,2)3/h9,11-12H,4-8H2,1-3H3. The Balaban J connectivity index is 2.36. The molecule has 0 amide bonds. The molecule has 0 spiro atoms. The third-order valence-corrected chi connectivity index (χ3v) is 4.91. The molecule has 94 valence electrons. The largest absolute Gasteiger partial charge is 0.303 e. The van der Waals surface area contributed by atoms with E-state index in [2.05, 4.69) is 20.8 Å². The zero-order valence-corrected chi connectivity index (χ0v) is 11.1. The molecule has 2 nitrogen and oxygen atoms in total. The Morgan fingerprint density at radius 1 is 1.24 bits per heavy atom. The molecular weight excluding hydrogens is 212 g/mol. The van der Waals surface area contributed by atoms with E-state index >= 15 is 0 Å². The smallest absolute Gasteiger partial charge is 0.143 e. The van der Waals surface area contributed by atoms with E-state index in [1.165, 1.54) is 11.1 Å². The predicted octanol–water partition coefficient (Wildman–Crippen LogP) is 3.31. The van der Waals surface area contributed by atoms with E-state index in [-0.39, 0.29) is 17.1 Å². The Morgan fingerprint density at radius 2 is 1.94 bits per heavy atom. The summed E-state index contributed by atoms with van der Waals surface area (Å²) >= 11 is 0. The van der Waals surface area contributed by atoms with E-state index in [0.29, 0.717) is 18.8 Å². The Kier molecular flexibility index (Phi) is 3.24. The summed E-state index contributed by atoms with van der Waals surface area (Å²) in [7, 11) is 0. The summed E-state index contributed by atoms with van der Waals surface area (Å²) in [5, 5.41) is 0. The van der Waals surface area contributed by atoms with Crippen LogP contribution in [-0.4, -0.2) is 12.1 Å². The van der Waals surface area contributed by atoms with Gasteiger partial charge in [0.25, 0.3) is 0 Å². The fourth-order valence-electron chi connectivity index (χ4n) is 3.59. The lowest BCUT2D eigenvalue weighted by Crippen LogP contribution is -2.36. The highest BCUT2D eigenvalue weighted by atomic mass is 16.1. The number of ketones is 1. The molecule has 0 N–H and O–H groups in total. The van der Waals surface area contributed by atoms with Gasteiger partial charge in [-0.25, -0.2) is 0 Å². The van der Waals surface area contributed by atoms with Crippen LogP contribution in [0.15, 0.2) is 11.1 Å². The lowest BCUT2D eigenvalue weighted by Gasteiger charge is -2.44. The summed E-state index contributed by atoms with van der Waals surface area (Å²) in [6.07, 6.45) is 5.30. The quantitative estimate of drug-likeness (QED) is 0.396. The minimum atomic E-state index is -0.352. The predicted molar refractivity (Wildman–Crippen MR) is 67.6 cm³/mol. The van der Waals surface area contributed by atoms with Crippen LogP contribution in [0.3, 0.4) is 0 Å². The second kappa shape index (κ2) is 4.40. The number of allylic oxidation sites excluding steroid dienone is 2. The normalized spacial score (nSPS) is 33.0. The molecular formula is C15H22O2.